The van der Waals surface area contributed by atoms with E-state index in [4.69, 9.17) is 9.47 Å². The SMILES string of the molecule is C/C=C\C1=C(C(=O)OC(c2ccccc2)c2ccccc2)N2C(=O)C(NC(=O)C(NC(=O)OC(C)(C)C)c3cccc(O)c3)[C@@H]2SC1. The number of rotatable bonds is 9. The van der Waals surface area contributed by atoms with Crippen LogP contribution in [0.4, 0.5) is 4.79 Å². The number of nitrogens with one attached hydrogen (secondary N) is 2. The van der Waals surface area contributed by atoms with E-state index in [1.54, 1.807) is 45.1 Å². The Hall–Kier alpha value is -5.03. The molecule has 3 atom stereocenters. The lowest BCUT2D eigenvalue weighted by Crippen LogP contribution is -2.71. The fourth-order valence-electron chi connectivity index (χ4n) is 5.37. The molecule has 2 aliphatic heterocycles. The molecule has 11 heteroatoms. The average Bonchev–Trinajstić information content (AvgIpc) is 3.04. The number of nitrogens with zero attached hydrogens (tertiary/aromatic N) is 1. The Kier molecular flexibility index (Phi) is 10.0. The molecule has 1 saturated heterocycles. The van der Waals surface area contributed by atoms with Crippen molar-refractivity contribution < 1.29 is 33.8 Å². The molecule has 0 saturated carbocycles. The van der Waals surface area contributed by atoms with Crippen molar-refractivity contribution in [3.8, 4) is 5.75 Å². The standard InChI is InChI=1S/C36H37N3O7S/c1-5-13-25-21-47-33-28(37-31(41)27(24-18-12-19-26(40)20-24)38-35(44)46-36(2,3)4)32(42)39(33)29(25)34(43)45-30(22-14-8-6-9-15-22)23-16-10-7-11-17-23/h5-20,27-28,30,33,40H,21H2,1-4H3,(H,37,41)(H,38,44)/b13-5-/t27?,28?,33-/m0/s1. The third-order valence-corrected chi connectivity index (χ3v) is 8.72. The van der Waals surface area contributed by atoms with Crippen LogP contribution in [-0.2, 0) is 23.9 Å². The van der Waals surface area contributed by atoms with Gasteiger partial charge in [-0.2, -0.15) is 0 Å². The maximum Gasteiger partial charge on any atom is 0.408 e. The summed E-state index contributed by atoms with van der Waals surface area (Å²) >= 11 is 1.40. The molecule has 2 aliphatic rings. The van der Waals surface area contributed by atoms with Gasteiger partial charge in [-0.3, -0.25) is 14.5 Å². The average molecular weight is 656 g/mol. The first kappa shape index (κ1) is 33.3. The number of carbonyl (C=O) groups excluding carboxylic acids is 4. The van der Waals surface area contributed by atoms with Gasteiger partial charge in [0, 0.05) is 5.75 Å². The zero-order chi connectivity index (χ0) is 33.7. The van der Waals surface area contributed by atoms with Crippen molar-refractivity contribution in [3.05, 3.63) is 125 Å². The van der Waals surface area contributed by atoms with Crippen LogP contribution in [0.25, 0.3) is 0 Å². The first-order valence-corrected chi connectivity index (χ1v) is 16.2. The number of amides is 3. The minimum atomic E-state index is -1.27. The molecule has 0 spiro atoms. The summed E-state index contributed by atoms with van der Waals surface area (Å²) in [7, 11) is 0. The van der Waals surface area contributed by atoms with Crippen LogP contribution < -0.4 is 10.6 Å². The lowest BCUT2D eigenvalue weighted by molar-refractivity contribution is -0.154. The Morgan fingerprint density at radius 2 is 1.57 bits per heavy atom. The first-order chi connectivity index (χ1) is 22.5. The van der Waals surface area contributed by atoms with E-state index >= 15 is 0 Å². The first-order valence-electron chi connectivity index (χ1n) is 15.2. The fraction of sp³-hybridized carbons (Fsp3) is 0.278. The van der Waals surface area contributed by atoms with Gasteiger partial charge in [0.25, 0.3) is 5.91 Å². The summed E-state index contributed by atoms with van der Waals surface area (Å²) in [5, 5.41) is 14.8. The number of thioether (sulfide) groups is 1. The second-order valence-electron chi connectivity index (χ2n) is 12.1. The van der Waals surface area contributed by atoms with Crippen molar-refractivity contribution in [2.24, 2.45) is 0 Å². The summed E-state index contributed by atoms with van der Waals surface area (Å²) in [5.41, 5.74) is 1.77. The van der Waals surface area contributed by atoms with Gasteiger partial charge in [-0.1, -0.05) is 84.9 Å². The van der Waals surface area contributed by atoms with E-state index in [-0.39, 0.29) is 11.4 Å². The molecule has 0 bridgehead atoms. The van der Waals surface area contributed by atoms with E-state index in [9.17, 15) is 24.3 Å². The van der Waals surface area contributed by atoms with Crippen molar-refractivity contribution in [2.45, 2.75) is 56.9 Å². The zero-order valence-electron chi connectivity index (χ0n) is 26.5. The molecule has 3 aromatic carbocycles. The number of β-lactam (4-membered cyclic amide) rings is 1. The maximum atomic E-state index is 14.0. The number of phenols is 1. The van der Waals surface area contributed by atoms with Gasteiger partial charge in [0.15, 0.2) is 6.10 Å². The number of carbonyl (C=O) groups is 4. The molecule has 244 valence electrons. The maximum absolute atomic E-state index is 14.0. The van der Waals surface area contributed by atoms with Gasteiger partial charge in [-0.05, 0) is 62.1 Å². The van der Waals surface area contributed by atoms with Crippen LogP contribution in [0.3, 0.4) is 0 Å². The van der Waals surface area contributed by atoms with Crippen LogP contribution in [0.1, 0.15) is 56.5 Å². The number of hydrogen-bond donors (Lipinski definition) is 3. The van der Waals surface area contributed by atoms with Crippen molar-refractivity contribution in [1.29, 1.82) is 0 Å². The summed E-state index contributed by atoms with van der Waals surface area (Å²) in [4.78, 5) is 55.4. The number of aromatic hydroxyl groups is 1. The van der Waals surface area contributed by atoms with E-state index in [2.05, 4.69) is 10.6 Å². The van der Waals surface area contributed by atoms with Gasteiger partial charge in [0.05, 0.1) is 0 Å². The highest BCUT2D eigenvalue weighted by atomic mass is 32.2. The molecule has 10 nitrogen and oxygen atoms in total. The Labute approximate surface area is 277 Å². The predicted octanol–water partition coefficient (Wildman–Crippen LogP) is 5.52. The van der Waals surface area contributed by atoms with E-state index in [1.165, 1.54) is 28.8 Å². The molecule has 47 heavy (non-hydrogen) atoms. The lowest BCUT2D eigenvalue weighted by Gasteiger charge is -2.49. The largest absolute Gasteiger partial charge is 0.508 e. The zero-order valence-corrected chi connectivity index (χ0v) is 27.3. The molecule has 1 fully saturated rings. The van der Waals surface area contributed by atoms with Gasteiger partial charge < -0.3 is 25.2 Å². The summed E-state index contributed by atoms with van der Waals surface area (Å²) in [6.45, 7) is 6.90. The third kappa shape index (κ3) is 7.69. The molecule has 2 unspecified atom stereocenters. The van der Waals surface area contributed by atoms with Crippen molar-refractivity contribution in [1.82, 2.24) is 15.5 Å². The molecule has 3 amide bonds. The van der Waals surface area contributed by atoms with Gasteiger partial charge in [0.1, 0.15) is 34.5 Å². The molecule has 0 aromatic heterocycles. The number of benzene rings is 3. The minimum absolute atomic E-state index is 0.103. The summed E-state index contributed by atoms with van der Waals surface area (Å²) < 4.78 is 11.5. The predicted molar refractivity (Wildman–Crippen MR) is 178 cm³/mol. The Bertz CT molecular complexity index is 1660. The quantitative estimate of drug-likeness (QED) is 0.203. The summed E-state index contributed by atoms with van der Waals surface area (Å²) in [5.74, 6) is -1.55. The second-order valence-corrected chi connectivity index (χ2v) is 13.2. The topological polar surface area (TPSA) is 134 Å². The lowest BCUT2D eigenvalue weighted by atomic mass is 9.99. The summed E-state index contributed by atoms with van der Waals surface area (Å²) in [6.07, 6.45) is 2.01. The third-order valence-electron chi connectivity index (χ3n) is 7.41. The number of phenolic OH excluding ortho intramolecular Hbond substituents is 1. The number of allylic oxidation sites excluding steroid dienone is 2. The van der Waals surface area contributed by atoms with Crippen LogP contribution in [0.5, 0.6) is 5.75 Å². The number of esters is 1. The number of fused-ring (bicyclic) bond motifs is 1. The van der Waals surface area contributed by atoms with Gasteiger partial charge in [0.2, 0.25) is 5.91 Å². The minimum Gasteiger partial charge on any atom is -0.508 e. The highest BCUT2D eigenvalue weighted by Crippen LogP contribution is 2.42. The monoisotopic (exact) mass is 655 g/mol. The van der Waals surface area contributed by atoms with Crippen LogP contribution in [0.15, 0.2) is 108 Å². The molecule has 0 aliphatic carbocycles. The molecule has 2 heterocycles. The van der Waals surface area contributed by atoms with E-state index in [1.807, 2.05) is 67.6 Å². The van der Waals surface area contributed by atoms with Crippen LogP contribution in [0, 0.1) is 0 Å². The van der Waals surface area contributed by atoms with Crippen molar-refractivity contribution >= 4 is 35.6 Å². The Morgan fingerprint density at radius 3 is 2.15 bits per heavy atom. The second kappa shape index (κ2) is 14.2. The van der Waals surface area contributed by atoms with Crippen LogP contribution >= 0.6 is 11.8 Å². The molecular weight excluding hydrogens is 618 g/mol. The Morgan fingerprint density at radius 1 is 0.957 bits per heavy atom. The van der Waals surface area contributed by atoms with Crippen molar-refractivity contribution in [3.63, 3.8) is 0 Å². The smallest absolute Gasteiger partial charge is 0.408 e. The molecule has 5 rings (SSSR count). The fourth-order valence-corrected chi connectivity index (χ4v) is 6.69. The molecule has 3 N–H and O–H groups in total. The van der Waals surface area contributed by atoms with E-state index in [0.29, 0.717) is 16.9 Å². The van der Waals surface area contributed by atoms with Crippen LogP contribution in [-0.4, -0.2) is 56.7 Å². The number of hydrogen-bond acceptors (Lipinski definition) is 8. The normalized spacial score (nSPS) is 18.3. The van der Waals surface area contributed by atoms with Crippen molar-refractivity contribution in [2.75, 3.05) is 5.75 Å². The number of alkyl carbamates (subject to hydrolysis) is 1. The molecule has 3 aromatic rings. The highest BCUT2D eigenvalue weighted by Gasteiger charge is 2.55. The highest BCUT2D eigenvalue weighted by molar-refractivity contribution is 8.00. The Balaban J connectivity index is 1.38. The van der Waals surface area contributed by atoms with Gasteiger partial charge >= 0.3 is 12.1 Å². The van der Waals surface area contributed by atoms with E-state index in [0.717, 1.165) is 11.1 Å². The van der Waals surface area contributed by atoms with Crippen LogP contribution in [0.2, 0.25) is 0 Å². The number of ether oxygens (including phenoxy) is 2. The molecule has 0 radical (unpaired) electrons. The summed E-state index contributed by atoms with van der Waals surface area (Å²) in [6, 6.07) is 22.4. The molecular formula is C36H37N3O7S. The van der Waals surface area contributed by atoms with Gasteiger partial charge in [-0.25, -0.2) is 9.59 Å². The van der Waals surface area contributed by atoms with Gasteiger partial charge in [-0.15, -0.1) is 11.8 Å². The van der Waals surface area contributed by atoms with E-state index < -0.39 is 53.0 Å².